The molecule has 0 aliphatic heterocycles. The van der Waals surface area contributed by atoms with E-state index < -0.39 is 17.4 Å². The molecule has 108 valence electrons. The summed E-state index contributed by atoms with van der Waals surface area (Å²) in [5, 5.41) is 11.3. The third kappa shape index (κ3) is 3.16. The number of halogens is 3. The minimum absolute atomic E-state index is 0.252. The van der Waals surface area contributed by atoms with Crippen molar-refractivity contribution in [2.24, 2.45) is 0 Å². The topological polar surface area (TPSA) is 59.8 Å². The molecule has 2 aromatic rings. The summed E-state index contributed by atoms with van der Waals surface area (Å²) in [4.78, 5) is 11.6. The number of hydrogen-bond donors (Lipinski definition) is 1. The van der Waals surface area contributed by atoms with Crippen LogP contribution >= 0.6 is 11.3 Å². The molecule has 0 spiro atoms. The van der Waals surface area contributed by atoms with E-state index in [1.807, 2.05) is 6.92 Å². The SMILES string of the molecule is CCNc1nnc(Cn2c(C(F)(F)F)cccc2=O)s1. The largest absolute Gasteiger partial charge is 0.431 e. The summed E-state index contributed by atoms with van der Waals surface area (Å²) in [6, 6.07) is 3.04. The Kier molecular flexibility index (Phi) is 4.07. The first-order chi connectivity index (χ1) is 9.41. The average Bonchev–Trinajstić information content (AvgIpc) is 2.78. The van der Waals surface area contributed by atoms with Crippen LogP contribution in [0.3, 0.4) is 0 Å². The maximum Gasteiger partial charge on any atom is 0.431 e. The zero-order valence-electron chi connectivity index (χ0n) is 10.4. The van der Waals surface area contributed by atoms with Crippen molar-refractivity contribution >= 4 is 16.5 Å². The number of nitrogens with one attached hydrogen (secondary N) is 1. The van der Waals surface area contributed by atoms with Gasteiger partial charge in [-0.2, -0.15) is 13.2 Å². The molecule has 9 heteroatoms. The predicted octanol–water partition coefficient (Wildman–Crippen LogP) is 2.20. The normalized spacial score (nSPS) is 11.6. The minimum Gasteiger partial charge on any atom is -0.360 e. The standard InChI is InChI=1S/C11H11F3N4OS/c1-2-15-10-17-16-8(20-10)6-18-7(11(12,13)14)4-3-5-9(18)19/h3-5H,2,6H2,1H3,(H,15,17). The molecule has 0 atom stereocenters. The number of aromatic nitrogens is 3. The van der Waals surface area contributed by atoms with Crippen molar-refractivity contribution in [3.63, 3.8) is 0 Å². The lowest BCUT2D eigenvalue weighted by molar-refractivity contribution is -0.144. The molecule has 0 saturated heterocycles. The third-order valence-electron chi connectivity index (χ3n) is 2.43. The molecular formula is C11H11F3N4OS. The molecule has 2 aromatic heterocycles. The molecule has 0 amide bonds. The van der Waals surface area contributed by atoms with Crippen LogP contribution in [0.2, 0.25) is 0 Å². The van der Waals surface area contributed by atoms with Crippen molar-refractivity contribution in [3.8, 4) is 0 Å². The Bertz CT molecular complexity index is 650. The summed E-state index contributed by atoms with van der Waals surface area (Å²) in [6.07, 6.45) is -4.59. The second-order valence-corrected chi connectivity index (χ2v) is 4.93. The van der Waals surface area contributed by atoms with Gasteiger partial charge in [-0.15, -0.1) is 10.2 Å². The van der Waals surface area contributed by atoms with Crippen LogP contribution in [-0.2, 0) is 12.7 Å². The van der Waals surface area contributed by atoms with E-state index in [-0.39, 0.29) is 6.54 Å². The molecule has 5 nitrogen and oxygen atoms in total. The Balaban J connectivity index is 2.35. The highest BCUT2D eigenvalue weighted by Gasteiger charge is 2.34. The molecule has 0 unspecified atom stereocenters. The van der Waals surface area contributed by atoms with Crippen LogP contribution in [0.25, 0.3) is 0 Å². The summed E-state index contributed by atoms with van der Waals surface area (Å²) in [7, 11) is 0. The fraction of sp³-hybridized carbons (Fsp3) is 0.364. The second kappa shape index (κ2) is 5.61. The molecule has 20 heavy (non-hydrogen) atoms. The van der Waals surface area contributed by atoms with Crippen LogP contribution in [0.15, 0.2) is 23.0 Å². The predicted molar refractivity (Wildman–Crippen MR) is 68.9 cm³/mol. The second-order valence-electron chi connectivity index (χ2n) is 3.86. The number of nitrogens with zero attached hydrogens (tertiary/aromatic N) is 3. The number of pyridine rings is 1. The molecule has 0 bridgehead atoms. The quantitative estimate of drug-likeness (QED) is 0.940. The fourth-order valence-electron chi connectivity index (χ4n) is 1.61. The van der Waals surface area contributed by atoms with Crippen LogP contribution < -0.4 is 10.9 Å². The number of alkyl halides is 3. The number of rotatable bonds is 4. The molecule has 0 aliphatic rings. The van der Waals surface area contributed by atoms with Gasteiger partial charge in [0.05, 0.1) is 6.54 Å². The molecule has 0 fully saturated rings. The smallest absolute Gasteiger partial charge is 0.360 e. The first-order valence-electron chi connectivity index (χ1n) is 5.75. The highest BCUT2D eigenvalue weighted by Crippen LogP contribution is 2.28. The van der Waals surface area contributed by atoms with Crippen LogP contribution in [0.4, 0.5) is 18.3 Å². The van der Waals surface area contributed by atoms with Gasteiger partial charge in [-0.3, -0.25) is 9.36 Å². The van der Waals surface area contributed by atoms with Crippen molar-refractivity contribution in [2.75, 3.05) is 11.9 Å². The average molecular weight is 304 g/mol. The van der Waals surface area contributed by atoms with E-state index in [0.717, 1.165) is 29.5 Å². The van der Waals surface area contributed by atoms with Crippen molar-refractivity contribution in [3.05, 3.63) is 39.3 Å². The third-order valence-corrected chi connectivity index (χ3v) is 3.29. The van der Waals surface area contributed by atoms with Gasteiger partial charge in [0.1, 0.15) is 10.7 Å². The van der Waals surface area contributed by atoms with Crippen molar-refractivity contribution in [1.29, 1.82) is 0 Å². The fourth-order valence-corrected chi connectivity index (χ4v) is 2.40. The van der Waals surface area contributed by atoms with E-state index in [1.165, 1.54) is 0 Å². The van der Waals surface area contributed by atoms with Crippen molar-refractivity contribution in [2.45, 2.75) is 19.6 Å². The number of anilines is 1. The van der Waals surface area contributed by atoms with Crippen molar-refractivity contribution < 1.29 is 13.2 Å². The van der Waals surface area contributed by atoms with E-state index in [0.29, 0.717) is 21.3 Å². The molecule has 0 aromatic carbocycles. The Morgan fingerprint density at radius 1 is 1.35 bits per heavy atom. The van der Waals surface area contributed by atoms with Gasteiger partial charge in [0, 0.05) is 12.6 Å². The van der Waals surface area contributed by atoms with E-state index in [4.69, 9.17) is 0 Å². The first kappa shape index (κ1) is 14.5. The Hall–Kier alpha value is -1.90. The van der Waals surface area contributed by atoms with Gasteiger partial charge in [0.2, 0.25) is 5.13 Å². The van der Waals surface area contributed by atoms with Gasteiger partial charge < -0.3 is 5.32 Å². The highest BCUT2D eigenvalue weighted by atomic mass is 32.1. The number of hydrogen-bond acceptors (Lipinski definition) is 5. The van der Waals surface area contributed by atoms with E-state index in [1.54, 1.807) is 0 Å². The van der Waals surface area contributed by atoms with Gasteiger partial charge >= 0.3 is 6.18 Å². The summed E-state index contributed by atoms with van der Waals surface area (Å²) in [5.41, 5.74) is -1.72. The zero-order valence-corrected chi connectivity index (χ0v) is 11.3. The Morgan fingerprint density at radius 2 is 2.10 bits per heavy atom. The van der Waals surface area contributed by atoms with Crippen LogP contribution in [0, 0.1) is 0 Å². The maximum absolute atomic E-state index is 12.9. The molecule has 2 heterocycles. The minimum atomic E-state index is -4.59. The van der Waals surface area contributed by atoms with E-state index in [9.17, 15) is 18.0 Å². The Morgan fingerprint density at radius 3 is 2.75 bits per heavy atom. The van der Waals surface area contributed by atoms with Crippen LogP contribution in [0.1, 0.15) is 17.6 Å². The van der Waals surface area contributed by atoms with Gasteiger partial charge in [0.25, 0.3) is 5.56 Å². The molecule has 0 saturated carbocycles. The van der Waals surface area contributed by atoms with Crippen LogP contribution in [-0.4, -0.2) is 21.3 Å². The molecule has 1 N–H and O–H groups in total. The van der Waals surface area contributed by atoms with Gasteiger partial charge in [-0.05, 0) is 13.0 Å². The van der Waals surface area contributed by atoms with Crippen molar-refractivity contribution in [1.82, 2.24) is 14.8 Å². The maximum atomic E-state index is 12.9. The monoisotopic (exact) mass is 304 g/mol. The lowest BCUT2D eigenvalue weighted by Gasteiger charge is -2.13. The molecular weight excluding hydrogens is 293 g/mol. The van der Waals surface area contributed by atoms with E-state index in [2.05, 4.69) is 15.5 Å². The van der Waals surface area contributed by atoms with Gasteiger partial charge in [0.15, 0.2) is 0 Å². The highest BCUT2D eigenvalue weighted by molar-refractivity contribution is 7.15. The lowest BCUT2D eigenvalue weighted by Crippen LogP contribution is -2.27. The summed E-state index contributed by atoms with van der Waals surface area (Å²) in [5.74, 6) is 0. The van der Waals surface area contributed by atoms with Gasteiger partial charge in [-0.25, -0.2) is 0 Å². The van der Waals surface area contributed by atoms with Gasteiger partial charge in [-0.1, -0.05) is 17.4 Å². The van der Waals surface area contributed by atoms with Crippen LogP contribution in [0.5, 0.6) is 0 Å². The Labute approximate surface area is 116 Å². The zero-order chi connectivity index (χ0) is 14.8. The lowest BCUT2D eigenvalue weighted by atomic mass is 10.3. The molecule has 2 rings (SSSR count). The summed E-state index contributed by atoms with van der Waals surface area (Å²) < 4.78 is 39.2. The molecule has 0 aliphatic carbocycles. The molecule has 0 radical (unpaired) electrons. The van der Waals surface area contributed by atoms with E-state index >= 15 is 0 Å². The first-order valence-corrected chi connectivity index (χ1v) is 6.56. The summed E-state index contributed by atoms with van der Waals surface area (Å²) in [6.45, 7) is 2.25. The summed E-state index contributed by atoms with van der Waals surface area (Å²) >= 11 is 1.12.